The highest BCUT2D eigenvalue weighted by molar-refractivity contribution is 7.86. The minimum absolute atomic E-state index is 0.0428. The Bertz CT molecular complexity index is 699. The maximum Gasteiger partial charge on any atom is 0.410 e. The van der Waals surface area contributed by atoms with Crippen LogP contribution in [0.2, 0.25) is 0 Å². The molecule has 0 saturated carbocycles. The standard InChI is InChI=1S/C17H26N2O5S/c1-12-9-11-19(16(20)23-17(2,3)4)14(12)15(24-25(5,21)22)13-8-6-7-10-18-13/h6-8,10,12,14-15H,9,11H2,1-5H3. The molecule has 0 aliphatic carbocycles. The van der Waals surface area contributed by atoms with Gasteiger partial charge in [-0.3, -0.25) is 9.17 Å². The molecule has 3 unspecified atom stereocenters. The summed E-state index contributed by atoms with van der Waals surface area (Å²) in [5, 5.41) is 0. The van der Waals surface area contributed by atoms with E-state index >= 15 is 0 Å². The molecule has 1 aliphatic heterocycles. The minimum Gasteiger partial charge on any atom is -0.444 e. The van der Waals surface area contributed by atoms with Crippen LogP contribution in [0.5, 0.6) is 0 Å². The summed E-state index contributed by atoms with van der Waals surface area (Å²) in [5.74, 6) is 0.0428. The average molecular weight is 370 g/mol. The van der Waals surface area contributed by atoms with Crippen molar-refractivity contribution in [2.45, 2.75) is 51.9 Å². The Morgan fingerprint density at radius 2 is 2.04 bits per heavy atom. The monoisotopic (exact) mass is 370 g/mol. The third-order valence-corrected chi connectivity index (χ3v) is 4.52. The fourth-order valence-corrected chi connectivity index (χ4v) is 3.57. The van der Waals surface area contributed by atoms with E-state index in [1.54, 1.807) is 50.1 Å². The summed E-state index contributed by atoms with van der Waals surface area (Å²) in [5.41, 5.74) is -0.161. The van der Waals surface area contributed by atoms with Gasteiger partial charge >= 0.3 is 6.09 Å². The molecule has 7 nitrogen and oxygen atoms in total. The molecule has 2 rings (SSSR count). The number of pyridine rings is 1. The topological polar surface area (TPSA) is 85.8 Å². The third-order valence-electron chi connectivity index (χ3n) is 3.96. The highest BCUT2D eigenvalue weighted by Crippen LogP contribution is 2.37. The first kappa shape index (κ1) is 19.7. The van der Waals surface area contributed by atoms with E-state index in [9.17, 15) is 13.2 Å². The number of rotatable bonds is 4. The van der Waals surface area contributed by atoms with E-state index in [-0.39, 0.29) is 5.92 Å². The summed E-state index contributed by atoms with van der Waals surface area (Å²) in [4.78, 5) is 18.4. The number of amides is 1. The van der Waals surface area contributed by atoms with Gasteiger partial charge in [-0.1, -0.05) is 13.0 Å². The van der Waals surface area contributed by atoms with Crippen molar-refractivity contribution in [1.29, 1.82) is 0 Å². The number of carbonyl (C=O) groups excluding carboxylic acids is 1. The number of carbonyl (C=O) groups is 1. The molecule has 140 valence electrons. The Morgan fingerprint density at radius 3 is 2.56 bits per heavy atom. The van der Waals surface area contributed by atoms with Crippen LogP contribution < -0.4 is 0 Å². The molecule has 0 bridgehead atoms. The fourth-order valence-electron chi connectivity index (χ4n) is 2.98. The van der Waals surface area contributed by atoms with Crippen LogP contribution in [-0.2, 0) is 19.0 Å². The number of hydrogen-bond donors (Lipinski definition) is 0. The molecule has 3 atom stereocenters. The van der Waals surface area contributed by atoms with Crippen molar-refractivity contribution in [3.05, 3.63) is 30.1 Å². The zero-order chi connectivity index (χ0) is 18.8. The van der Waals surface area contributed by atoms with Crippen LogP contribution in [0.15, 0.2) is 24.4 Å². The van der Waals surface area contributed by atoms with Gasteiger partial charge in [-0.05, 0) is 45.2 Å². The lowest BCUT2D eigenvalue weighted by molar-refractivity contribution is 0.00487. The molecule has 1 aromatic rings. The number of ether oxygens (including phenoxy) is 1. The molecular weight excluding hydrogens is 344 g/mol. The lowest BCUT2D eigenvalue weighted by Gasteiger charge is -2.34. The van der Waals surface area contributed by atoms with E-state index in [1.807, 2.05) is 6.92 Å². The van der Waals surface area contributed by atoms with Crippen molar-refractivity contribution in [3.8, 4) is 0 Å². The van der Waals surface area contributed by atoms with Gasteiger partial charge in [0.25, 0.3) is 10.1 Å². The molecule has 0 aromatic carbocycles. The minimum atomic E-state index is -3.74. The third kappa shape index (κ3) is 5.40. The molecule has 0 radical (unpaired) electrons. The summed E-state index contributed by atoms with van der Waals surface area (Å²) in [6.45, 7) is 7.84. The molecular formula is C17H26N2O5S. The number of likely N-dealkylation sites (tertiary alicyclic amines) is 1. The zero-order valence-electron chi connectivity index (χ0n) is 15.3. The zero-order valence-corrected chi connectivity index (χ0v) is 16.1. The van der Waals surface area contributed by atoms with Crippen molar-refractivity contribution in [2.75, 3.05) is 12.8 Å². The molecule has 1 aliphatic rings. The Balaban J connectivity index is 2.37. The Morgan fingerprint density at radius 1 is 1.36 bits per heavy atom. The van der Waals surface area contributed by atoms with Crippen molar-refractivity contribution in [1.82, 2.24) is 9.88 Å². The SMILES string of the molecule is CC1CCN(C(=O)OC(C)(C)C)C1C(OS(C)(=O)=O)c1ccccn1. The molecule has 1 amide bonds. The smallest absolute Gasteiger partial charge is 0.410 e. The van der Waals surface area contributed by atoms with Crippen LogP contribution >= 0.6 is 0 Å². The number of hydrogen-bond acceptors (Lipinski definition) is 6. The summed E-state index contributed by atoms with van der Waals surface area (Å²) in [6.07, 6.45) is 1.97. The van der Waals surface area contributed by atoms with Gasteiger partial charge in [-0.2, -0.15) is 8.42 Å². The first-order valence-electron chi connectivity index (χ1n) is 8.27. The van der Waals surface area contributed by atoms with E-state index < -0.39 is 34.0 Å². The fraction of sp³-hybridized carbons (Fsp3) is 0.647. The van der Waals surface area contributed by atoms with Gasteiger partial charge in [0.1, 0.15) is 11.7 Å². The van der Waals surface area contributed by atoms with Gasteiger partial charge in [0.15, 0.2) is 0 Å². The van der Waals surface area contributed by atoms with Gasteiger partial charge in [0.2, 0.25) is 0 Å². The van der Waals surface area contributed by atoms with Gasteiger partial charge in [0.05, 0.1) is 18.0 Å². The molecule has 2 heterocycles. The summed E-state index contributed by atoms with van der Waals surface area (Å²) in [6, 6.07) is 4.73. The van der Waals surface area contributed by atoms with E-state index in [1.165, 1.54) is 0 Å². The maximum absolute atomic E-state index is 12.6. The van der Waals surface area contributed by atoms with Gasteiger partial charge < -0.3 is 9.64 Å². The number of aromatic nitrogens is 1. The van der Waals surface area contributed by atoms with Crippen LogP contribution in [0.25, 0.3) is 0 Å². The summed E-state index contributed by atoms with van der Waals surface area (Å²) >= 11 is 0. The van der Waals surface area contributed by atoms with E-state index in [0.29, 0.717) is 12.2 Å². The maximum atomic E-state index is 12.6. The average Bonchev–Trinajstić information content (AvgIpc) is 2.85. The lowest BCUT2D eigenvalue weighted by atomic mass is 9.95. The predicted octanol–water partition coefficient (Wildman–Crippen LogP) is 2.74. The summed E-state index contributed by atoms with van der Waals surface area (Å²) < 4.78 is 34.4. The highest BCUT2D eigenvalue weighted by Gasteiger charge is 2.44. The lowest BCUT2D eigenvalue weighted by Crippen LogP contribution is -2.45. The van der Waals surface area contributed by atoms with Crippen LogP contribution in [0, 0.1) is 5.92 Å². The van der Waals surface area contributed by atoms with Gasteiger partial charge in [-0.15, -0.1) is 0 Å². The Hall–Kier alpha value is -1.67. The molecule has 8 heteroatoms. The van der Waals surface area contributed by atoms with Crippen molar-refractivity contribution in [2.24, 2.45) is 5.92 Å². The summed E-state index contributed by atoms with van der Waals surface area (Å²) in [7, 11) is -3.74. The van der Waals surface area contributed by atoms with Crippen LogP contribution in [0.1, 0.15) is 45.9 Å². The predicted molar refractivity (Wildman–Crippen MR) is 93.4 cm³/mol. The van der Waals surface area contributed by atoms with Crippen LogP contribution in [-0.4, -0.2) is 48.8 Å². The van der Waals surface area contributed by atoms with Gasteiger partial charge in [0, 0.05) is 12.7 Å². The highest BCUT2D eigenvalue weighted by atomic mass is 32.2. The molecule has 1 fully saturated rings. The van der Waals surface area contributed by atoms with E-state index in [0.717, 1.165) is 12.7 Å². The first-order valence-corrected chi connectivity index (χ1v) is 10.1. The quantitative estimate of drug-likeness (QED) is 0.758. The largest absolute Gasteiger partial charge is 0.444 e. The van der Waals surface area contributed by atoms with Crippen molar-refractivity contribution in [3.63, 3.8) is 0 Å². The molecule has 0 spiro atoms. The first-order chi connectivity index (χ1) is 11.5. The van der Waals surface area contributed by atoms with Crippen LogP contribution in [0.3, 0.4) is 0 Å². The second-order valence-corrected chi connectivity index (χ2v) is 9.01. The Labute approximate surface area is 149 Å². The van der Waals surface area contributed by atoms with Crippen molar-refractivity contribution < 1.29 is 22.1 Å². The second kappa shape index (κ2) is 7.29. The molecule has 1 saturated heterocycles. The van der Waals surface area contributed by atoms with E-state index in [4.69, 9.17) is 8.92 Å². The molecule has 25 heavy (non-hydrogen) atoms. The second-order valence-electron chi connectivity index (χ2n) is 7.41. The Kier molecular flexibility index (Phi) is 5.73. The van der Waals surface area contributed by atoms with Gasteiger partial charge in [-0.25, -0.2) is 4.79 Å². The molecule has 1 aromatic heterocycles. The normalized spacial score (nSPS) is 22.7. The number of nitrogens with zero attached hydrogens (tertiary/aromatic N) is 2. The molecule has 0 N–H and O–H groups in total. The van der Waals surface area contributed by atoms with E-state index in [2.05, 4.69) is 4.98 Å². The van der Waals surface area contributed by atoms with Crippen molar-refractivity contribution >= 4 is 16.2 Å². The van der Waals surface area contributed by atoms with Crippen LogP contribution in [0.4, 0.5) is 4.79 Å².